The highest BCUT2D eigenvalue weighted by Crippen LogP contribution is 2.33. The summed E-state index contributed by atoms with van der Waals surface area (Å²) in [6, 6.07) is 14.3. The van der Waals surface area contributed by atoms with Crippen LogP contribution < -0.4 is 15.9 Å². The van der Waals surface area contributed by atoms with Crippen molar-refractivity contribution in [3.05, 3.63) is 84.2 Å². The number of aromatic nitrogens is 1. The number of unbranched alkanes of at least 4 members (excludes halogenated alkanes) is 3. The first-order chi connectivity index (χ1) is 16.5. The van der Waals surface area contributed by atoms with Crippen LogP contribution in [0, 0.1) is 0 Å². The van der Waals surface area contributed by atoms with E-state index in [0.717, 1.165) is 30.8 Å². The van der Waals surface area contributed by atoms with E-state index in [1.54, 1.807) is 0 Å². The molecule has 1 aromatic heterocycles. The molecule has 0 fully saturated rings. The number of para-hydroxylation sites is 1. The summed E-state index contributed by atoms with van der Waals surface area (Å²) in [6.07, 6.45) is 13.7. The quantitative estimate of drug-likeness (QED) is 0.406. The molecule has 1 aromatic carbocycles. The second kappa shape index (κ2) is 12.4. The summed E-state index contributed by atoms with van der Waals surface area (Å²) in [4.78, 5) is 23.8. The van der Waals surface area contributed by atoms with Gasteiger partial charge in [0.25, 0.3) is 0 Å². The summed E-state index contributed by atoms with van der Waals surface area (Å²) in [5.74, 6) is 1.28. The zero-order valence-electron chi connectivity index (χ0n) is 19.9. The van der Waals surface area contributed by atoms with Crippen molar-refractivity contribution in [2.24, 2.45) is 10.8 Å². The zero-order valence-corrected chi connectivity index (χ0v) is 19.9. The van der Waals surface area contributed by atoms with Crippen molar-refractivity contribution < 1.29 is 9.59 Å². The molecule has 1 aliphatic carbocycles. The third-order valence-electron chi connectivity index (χ3n) is 5.54. The minimum atomic E-state index is -0.121. The summed E-state index contributed by atoms with van der Waals surface area (Å²) < 4.78 is 0. The van der Waals surface area contributed by atoms with E-state index in [-0.39, 0.29) is 11.6 Å². The first-order valence-corrected chi connectivity index (χ1v) is 11.8. The lowest BCUT2D eigenvalue weighted by Crippen LogP contribution is -2.45. The molecule has 0 saturated carbocycles. The van der Waals surface area contributed by atoms with Crippen LogP contribution in [0.2, 0.25) is 0 Å². The summed E-state index contributed by atoms with van der Waals surface area (Å²) in [7, 11) is 0. The Bertz CT molecular complexity index is 1040. The maximum atomic E-state index is 10.3. The number of aromatic amines is 1. The molecule has 0 radical (unpaired) electrons. The third kappa shape index (κ3) is 6.34. The van der Waals surface area contributed by atoms with E-state index >= 15 is 0 Å². The van der Waals surface area contributed by atoms with Crippen LogP contribution in [0.5, 0.6) is 0 Å². The Morgan fingerprint density at radius 3 is 2.12 bits per heavy atom. The van der Waals surface area contributed by atoms with Crippen LogP contribution >= 0.6 is 0 Å². The van der Waals surface area contributed by atoms with Gasteiger partial charge in [0.15, 0.2) is 23.2 Å². The van der Waals surface area contributed by atoms with Gasteiger partial charge in [-0.2, -0.15) is 0 Å². The zero-order chi connectivity index (χ0) is 24.3. The molecular formula is C27H33N5O2. The van der Waals surface area contributed by atoms with E-state index in [1.807, 2.05) is 29.5 Å². The van der Waals surface area contributed by atoms with E-state index < -0.39 is 0 Å². The molecule has 1 aliphatic heterocycles. The van der Waals surface area contributed by atoms with Gasteiger partial charge in [-0.05, 0) is 67.8 Å². The van der Waals surface area contributed by atoms with Crippen molar-refractivity contribution in [2.45, 2.75) is 52.4 Å². The monoisotopic (exact) mass is 459 g/mol. The average molecular weight is 460 g/mol. The van der Waals surface area contributed by atoms with Gasteiger partial charge >= 0.3 is 0 Å². The van der Waals surface area contributed by atoms with Gasteiger partial charge in [0, 0.05) is 17.5 Å². The molecule has 7 nitrogen and oxygen atoms in total. The number of hydrazone groups is 1. The highest BCUT2D eigenvalue weighted by molar-refractivity contribution is 6.14. The predicted molar refractivity (Wildman–Crippen MR) is 138 cm³/mol. The smallest absolute Gasteiger partial charge is 0.178 e. The number of anilines is 2. The summed E-state index contributed by atoms with van der Waals surface area (Å²) in [6.45, 7) is 4.42. The predicted octanol–water partition coefficient (Wildman–Crippen LogP) is 5.41. The number of hydrogen-bond donors (Lipinski definition) is 2. The number of carbonyl (C=O) groups is 2. The highest BCUT2D eigenvalue weighted by atomic mass is 16.1. The van der Waals surface area contributed by atoms with Gasteiger partial charge in [0.05, 0.1) is 5.69 Å². The topological polar surface area (TPSA) is 94.8 Å². The molecule has 0 saturated heterocycles. The van der Waals surface area contributed by atoms with E-state index in [2.05, 4.69) is 48.1 Å². The number of nitrogens with two attached hydrogens (primary N) is 1. The highest BCUT2D eigenvalue weighted by Gasteiger charge is 2.29. The van der Waals surface area contributed by atoms with Crippen LogP contribution in [0.4, 0.5) is 11.5 Å². The number of nitrogens with one attached hydrogen (secondary N) is 1. The number of ketones is 2. The van der Waals surface area contributed by atoms with Gasteiger partial charge in [0.1, 0.15) is 0 Å². The molecule has 0 atom stereocenters. The lowest BCUT2D eigenvalue weighted by atomic mass is 10.0. The second-order valence-corrected chi connectivity index (χ2v) is 8.04. The van der Waals surface area contributed by atoms with Gasteiger partial charge in [-0.3, -0.25) is 9.59 Å². The molecule has 34 heavy (non-hydrogen) atoms. The molecule has 0 bridgehead atoms. The van der Waals surface area contributed by atoms with Crippen molar-refractivity contribution in [1.82, 2.24) is 4.98 Å². The van der Waals surface area contributed by atoms with Crippen LogP contribution in [0.25, 0.3) is 0 Å². The number of rotatable bonds is 8. The van der Waals surface area contributed by atoms with Gasteiger partial charge in [-0.1, -0.05) is 51.3 Å². The molecule has 2 aromatic rings. The van der Waals surface area contributed by atoms with Gasteiger partial charge in [-0.15, -0.1) is 10.2 Å². The Morgan fingerprint density at radius 2 is 1.56 bits per heavy atom. The number of benzene rings is 1. The normalized spacial score (nSPS) is 15.4. The number of nitrogens with zero attached hydrogens (tertiary/aromatic N) is 3. The fourth-order valence-electron chi connectivity index (χ4n) is 3.84. The molecule has 7 heteroatoms. The molecular weight excluding hydrogens is 426 g/mol. The third-order valence-corrected chi connectivity index (χ3v) is 5.54. The Morgan fingerprint density at radius 1 is 0.882 bits per heavy atom. The number of H-pyrrole nitrogens is 1. The maximum Gasteiger partial charge on any atom is 0.178 e. The number of carbonyl (C=O) groups excluding carboxylic acids is 2. The molecule has 2 aliphatic rings. The number of hydrazine groups is 1. The molecule has 4 rings (SSSR count). The van der Waals surface area contributed by atoms with E-state index in [0.29, 0.717) is 5.84 Å². The minimum absolute atomic E-state index is 0.121. The molecule has 178 valence electrons. The maximum absolute atomic E-state index is 10.3. The van der Waals surface area contributed by atoms with Crippen LogP contribution in [0.1, 0.15) is 52.4 Å². The van der Waals surface area contributed by atoms with Crippen molar-refractivity contribution in [1.29, 1.82) is 0 Å². The standard InChI is InChI=1S/C21H29N5.C6H4O2/c1-3-5-6-10-14-18-19(4-2)25(17-12-8-7-9-13-17)26(24-21(18)22)20-15-11-16-23-20;7-5-1-2-6(8)4-3-5/h7-9,11-13,15-16,23H,3-6,10,14H2,1-2H3,(H2,22,24);1-4H. The summed E-state index contributed by atoms with van der Waals surface area (Å²) in [5.41, 5.74) is 9.88. The Balaban J connectivity index is 0.000000343. The first kappa shape index (κ1) is 24.8. The first-order valence-electron chi connectivity index (χ1n) is 11.8. The van der Waals surface area contributed by atoms with E-state index in [1.165, 1.54) is 54.8 Å². The fourth-order valence-corrected chi connectivity index (χ4v) is 3.84. The fraction of sp³-hybridized carbons (Fsp3) is 0.296. The van der Waals surface area contributed by atoms with Crippen molar-refractivity contribution >= 4 is 28.9 Å². The molecule has 3 N–H and O–H groups in total. The SMILES string of the molecule is CCCCCCC1=C(CC)N(c2ccccc2)N(c2ccc[nH]2)N=C1N.O=C1C=CC(=O)C=C1. The van der Waals surface area contributed by atoms with Crippen LogP contribution in [-0.2, 0) is 9.59 Å². The lowest BCUT2D eigenvalue weighted by Gasteiger charge is -2.39. The van der Waals surface area contributed by atoms with Crippen LogP contribution in [-0.4, -0.2) is 22.4 Å². The summed E-state index contributed by atoms with van der Waals surface area (Å²) in [5, 5.41) is 8.78. The number of amidine groups is 1. The largest absolute Gasteiger partial charge is 0.382 e. The Kier molecular flexibility index (Phi) is 9.03. The summed E-state index contributed by atoms with van der Waals surface area (Å²) >= 11 is 0. The van der Waals surface area contributed by atoms with Gasteiger partial charge < -0.3 is 10.7 Å². The van der Waals surface area contributed by atoms with Gasteiger partial charge in [-0.25, -0.2) is 5.01 Å². The van der Waals surface area contributed by atoms with Crippen molar-refractivity contribution in [3.8, 4) is 0 Å². The van der Waals surface area contributed by atoms with Gasteiger partial charge in [0.2, 0.25) is 0 Å². The molecule has 0 amide bonds. The van der Waals surface area contributed by atoms with E-state index in [9.17, 15) is 9.59 Å². The van der Waals surface area contributed by atoms with Crippen LogP contribution in [0.15, 0.2) is 89.3 Å². The molecule has 0 spiro atoms. The van der Waals surface area contributed by atoms with Crippen LogP contribution in [0.3, 0.4) is 0 Å². The number of hydrogen-bond acceptors (Lipinski definition) is 6. The van der Waals surface area contributed by atoms with E-state index in [4.69, 9.17) is 10.8 Å². The van der Waals surface area contributed by atoms with Crippen molar-refractivity contribution in [3.63, 3.8) is 0 Å². The lowest BCUT2D eigenvalue weighted by molar-refractivity contribution is -0.113. The minimum Gasteiger partial charge on any atom is -0.382 e. The number of allylic oxidation sites excluding steroid dienone is 5. The van der Waals surface area contributed by atoms with Crippen molar-refractivity contribution in [2.75, 3.05) is 10.1 Å². The Labute approximate surface area is 201 Å². The second-order valence-electron chi connectivity index (χ2n) is 8.04. The molecule has 2 heterocycles. The molecule has 0 unspecified atom stereocenters. The Hall–Kier alpha value is -3.87. The average Bonchev–Trinajstić information content (AvgIpc) is 3.40.